The van der Waals surface area contributed by atoms with Gasteiger partial charge >= 0.3 is 5.97 Å². The van der Waals surface area contributed by atoms with E-state index in [1.165, 1.54) is 38.5 Å². The fourth-order valence-electron chi connectivity index (χ4n) is 3.35. The molecule has 34 heavy (non-hydrogen) atoms. The SMILES string of the molecule is COc1ccc(OC)c(NC(=O)COC(=O)c2ccc3c(c2)C(=O)N(c2cc(C)on2)C3=O)c1. The Bertz CT molecular complexity index is 1310. The molecule has 0 aliphatic carbocycles. The minimum Gasteiger partial charge on any atom is -0.497 e. The first kappa shape index (κ1) is 22.5. The quantitative estimate of drug-likeness (QED) is 0.412. The molecule has 0 bridgehead atoms. The number of nitrogens with zero attached hydrogens (tertiary/aromatic N) is 2. The Balaban J connectivity index is 1.44. The van der Waals surface area contributed by atoms with Crippen molar-refractivity contribution in [1.82, 2.24) is 5.16 Å². The Morgan fingerprint density at radius 3 is 2.44 bits per heavy atom. The molecule has 1 N–H and O–H groups in total. The van der Waals surface area contributed by atoms with Crippen LogP contribution >= 0.6 is 0 Å². The van der Waals surface area contributed by atoms with E-state index in [0.717, 1.165) is 4.90 Å². The molecular weight excluding hydrogens is 446 g/mol. The number of rotatable bonds is 7. The minimum absolute atomic E-state index is 0.00449. The zero-order valence-electron chi connectivity index (χ0n) is 18.4. The van der Waals surface area contributed by atoms with Gasteiger partial charge in [-0.1, -0.05) is 5.16 Å². The van der Waals surface area contributed by atoms with Gasteiger partial charge in [-0.05, 0) is 37.3 Å². The van der Waals surface area contributed by atoms with Crippen LogP contribution in [0, 0.1) is 6.92 Å². The highest BCUT2D eigenvalue weighted by Gasteiger charge is 2.39. The second-order valence-electron chi connectivity index (χ2n) is 7.19. The number of imide groups is 1. The van der Waals surface area contributed by atoms with Gasteiger partial charge in [0.05, 0.1) is 36.6 Å². The van der Waals surface area contributed by atoms with Crippen molar-refractivity contribution < 1.29 is 37.9 Å². The second kappa shape index (κ2) is 9.06. The van der Waals surface area contributed by atoms with E-state index < -0.39 is 30.3 Å². The molecule has 1 aromatic heterocycles. The summed E-state index contributed by atoms with van der Waals surface area (Å²) < 4.78 is 20.3. The van der Waals surface area contributed by atoms with Gasteiger partial charge in [0.25, 0.3) is 17.7 Å². The summed E-state index contributed by atoms with van der Waals surface area (Å²) in [6, 6.07) is 10.2. The normalized spacial score (nSPS) is 12.4. The number of esters is 1. The molecule has 2 aromatic carbocycles. The number of aryl methyl sites for hydroxylation is 1. The monoisotopic (exact) mass is 465 g/mol. The van der Waals surface area contributed by atoms with Crippen molar-refractivity contribution in [3.8, 4) is 11.5 Å². The van der Waals surface area contributed by atoms with Gasteiger partial charge in [-0.25, -0.2) is 9.69 Å². The lowest BCUT2D eigenvalue weighted by Gasteiger charge is -2.12. The van der Waals surface area contributed by atoms with Crippen molar-refractivity contribution in [2.75, 3.05) is 31.0 Å². The lowest BCUT2D eigenvalue weighted by molar-refractivity contribution is -0.119. The van der Waals surface area contributed by atoms with Gasteiger partial charge in [-0.3, -0.25) is 14.4 Å². The molecule has 0 unspecified atom stereocenters. The van der Waals surface area contributed by atoms with E-state index in [4.69, 9.17) is 18.7 Å². The topological polar surface area (TPSA) is 137 Å². The average Bonchev–Trinajstić information content (AvgIpc) is 3.37. The van der Waals surface area contributed by atoms with E-state index in [1.54, 1.807) is 25.1 Å². The summed E-state index contributed by atoms with van der Waals surface area (Å²) in [5, 5.41) is 6.28. The van der Waals surface area contributed by atoms with Crippen molar-refractivity contribution in [3.05, 3.63) is 64.9 Å². The molecule has 11 nitrogen and oxygen atoms in total. The van der Waals surface area contributed by atoms with Crippen LogP contribution in [0.3, 0.4) is 0 Å². The third-order valence-electron chi connectivity index (χ3n) is 4.98. The van der Waals surface area contributed by atoms with Gasteiger partial charge in [-0.2, -0.15) is 0 Å². The number of hydrogen-bond acceptors (Lipinski definition) is 9. The van der Waals surface area contributed by atoms with Crippen LogP contribution in [0.5, 0.6) is 11.5 Å². The van der Waals surface area contributed by atoms with E-state index in [2.05, 4.69) is 10.5 Å². The Morgan fingerprint density at radius 2 is 1.76 bits per heavy atom. The van der Waals surface area contributed by atoms with Crippen LogP contribution in [-0.4, -0.2) is 49.7 Å². The zero-order valence-corrected chi connectivity index (χ0v) is 18.4. The lowest BCUT2D eigenvalue weighted by Crippen LogP contribution is -2.29. The molecule has 2 heterocycles. The van der Waals surface area contributed by atoms with Crippen molar-refractivity contribution in [2.45, 2.75) is 6.92 Å². The van der Waals surface area contributed by atoms with Crippen molar-refractivity contribution in [2.24, 2.45) is 0 Å². The van der Waals surface area contributed by atoms with Crippen LogP contribution in [0.1, 0.15) is 36.8 Å². The van der Waals surface area contributed by atoms with E-state index in [-0.39, 0.29) is 22.5 Å². The predicted octanol–water partition coefficient (Wildman–Crippen LogP) is 2.60. The van der Waals surface area contributed by atoms with E-state index in [1.807, 2.05) is 0 Å². The molecule has 0 atom stereocenters. The molecule has 1 aliphatic heterocycles. The van der Waals surface area contributed by atoms with Crippen LogP contribution in [-0.2, 0) is 9.53 Å². The number of ether oxygens (including phenoxy) is 3. The molecule has 0 radical (unpaired) electrons. The van der Waals surface area contributed by atoms with Crippen molar-refractivity contribution in [3.63, 3.8) is 0 Å². The zero-order chi connectivity index (χ0) is 24.4. The number of carbonyl (C=O) groups is 4. The van der Waals surface area contributed by atoms with Gasteiger partial charge in [0.2, 0.25) is 0 Å². The van der Waals surface area contributed by atoms with Crippen LogP contribution < -0.4 is 19.7 Å². The van der Waals surface area contributed by atoms with Crippen LogP contribution in [0.2, 0.25) is 0 Å². The maximum absolute atomic E-state index is 12.8. The molecule has 1 aliphatic rings. The Kier molecular flexibility index (Phi) is 6.00. The first-order valence-corrected chi connectivity index (χ1v) is 9.97. The first-order chi connectivity index (χ1) is 16.3. The number of carbonyl (C=O) groups excluding carboxylic acids is 4. The summed E-state index contributed by atoms with van der Waals surface area (Å²) >= 11 is 0. The standard InChI is InChI=1S/C23H19N3O8/c1-12-8-19(25-34-12)26-21(28)15-6-4-13(9-16(15)22(26)29)23(30)33-11-20(27)24-17-10-14(31-2)5-7-18(17)32-3/h4-10H,11H2,1-3H3,(H,24,27). The molecular formula is C23H19N3O8. The molecule has 3 amide bonds. The molecule has 0 saturated heterocycles. The number of fused-ring (bicyclic) bond motifs is 1. The molecule has 0 spiro atoms. The van der Waals surface area contributed by atoms with Gasteiger partial charge in [0.15, 0.2) is 12.4 Å². The first-order valence-electron chi connectivity index (χ1n) is 9.97. The fourth-order valence-corrected chi connectivity index (χ4v) is 3.35. The second-order valence-corrected chi connectivity index (χ2v) is 7.19. The number of amides is 3. The summed E-state index contributed by atoms with van der Waals surface area (Å²) in [6.07, 6.45) is 0. The Hall–Kier alpha value is -4.67. The fraction of sp³-hybridized carbons (Fsp3) is 0.174. The summed E-state index contributed by atoms with van der Waals surface area (Å²) in [4.78, 5) is 51.0. The van der Waals surface area contributed by atoms with Gasteiger partial charge in [0, 0.05) is 12.1 Å². The Morgan fingerprint density at radius 1 is 1.00 bits per heavy atom. The highest BCUT2D eigenvalue weighted by atomic mass is 16.5. The largest absolute Gasteiger partial charge is 0.497 e. The molecule has 0 saturated carbocycles. The number of methoxy groups -OCH3 is 2. The van der Waals surface area contributed by atoms with Crippen molar-refractivity contribution >= 4 is 35.2 Å². The van der Waals surface area contributed by atoms with E-state index >= 15 is 0 Å². The number of nitrogens with one attached hydrogen (secondary N) is 1. The third kappa shape index (κ3) is 4.18. The highest BCUT2D eigenvalue weighted by Crippen LogP contribution is 2.30. The number of anilines is 2. The number of benzene rings is 2. The lowest BCUT2D eigenvalue weighted by atomic mass is 10.1. The smallest absolute Gasteiger partial charge is 0.338 e. The minimum atomic E-state index is -0.841. The molecule has 4 rings (SSSR count). The van der Waals surface area contributed by atoms with Crippen LogP contribution in [0.4, 0.5) is 11.5 Å². The molecule has 174 valence electrons. The number of aromatic nitrogens is 1. The summed E-state index contributed by atoms with van der Waals surface area (Å²) in [6.45, 7) is 1.04. The van der Waals surface area contributed by atoms with Crippen LogP contribution in [0.25, 0.3) is 0 Å². The third-order valence-corrected chi connectivity index (χ3v) is 4.98. The van der Waals surface area contributed by atoms with Gasteiger partial charge < -0.3 is 24.1 Å². The summed E-state index contributed by atoms with van der Waals surface area (Å²) in [7, 11) is 2.93. The van der Waals surface area contributed by atoms with Crippen molar-refractivity contribution in [1.29, 1.82) is 0 Å². The maximum atomic E-state index is 12.8. The summed E-state index contributed by atoms with van der Waals surface area (Å²) in [5.41, 5.74) is 0.480. The molecule has 0 fully saturated rings. The Labute approximate surface area is 193 Å². The average molecular weight is 465 g/mol. The summed E-state index contributed by atoms with van der Waals surface area (Å²) in [5.74, 6) is -1.30. The molecule has 11 heteroatoms. The molecule has 3 aromatic rings. The van der Waals surface area contributed by atoms with E-state index in [0.29, 0.717) is 22.9 Å². The van der Waals surface area contributed by atoms with E-state index in [9.17, 15) is 19.2 Å². The van der Waals surface area contributed by atoms with Gasteiger partial charge in [-0.15, -0.1) is 0 Å². The van der Waals surface area contributed by atoms with Crippen LogP contribution in [0.15, 0.2) is 47.0 Å². The predicted molar refractivity (Wildman–Crippen MR) is 117 cm³/mol. The highest BCUT2D eigenvalue weighted by molar-refractivity contribution is 6.34. The van der Waals surface area contributed by atoms with Gasteiger partial charge in [0.1, 0.15) is 17.3 Å². The number of hydrogen-bond donors (Lipinski definition) is 1. The maximum Gasteiger partial charge on any atom is 0.338 e.